The second-order valence-corrected chi connectivity index (χ2v) is 8.09. The highest BCUT2D eigenvalue weighted by molar-refractivity contribution is 7.15. The molecule has 1 saturated heterocycles. The first kappa shape index (κ1) is 20.1. The van der Waals surface area contributed by atoms with E-state index in [9.17, 15) is 14.7 Å². The van der Waals surface area contributed by atoms with Gasteiger partial charge in [-0.3, -0.25) is 4.79 Å². The lowest BCUT2D eigenvalue weighted by Gasteiger charge is -2.25. The molecule has 0 saturated carbocycles. The van der Waals surface area contributed by atoms with Gasteiger partial charge in [-0.05, 0) is 41.8 Å². The van der Waals surface area contributed by atoms with Crippen LogP contribution in [0, 0.1) is 6.92 Å². The van der Waals surface area contributed by atoms with Gasteiger partial charge in [0.15, 0.2) is 0 Å². The van der Waals surface area contributed by atoms with Crippen molar-refractivity contribution in [3.63, 3.8) is 0 Å². The van der Waals surface area contributed by atoms with Gasteiger partial charge in [0.25, 0.3) is 0 Å². The number of aromatic nitrogens is 1. The number of carbonyl (C=O) groups is 2. The van der Waals surface area contributed by atoms with Crippen molar-refractivity contribution in [1.82, 2.24) is 9.88 Å². The molecule has 0 spiro atoms. The topological polar surface area (TPSA) is 100.0 Å². The summed E-state index contributed by atoms with van der Waals surface area (Å²) in [5.74, 6) is -1.46. The van der Waals surface area contributed by atoms with Gasteiger partial charge >= 0.3 is 5.97 Å². The van der Waals surface area contributed by atoms with Crippen LogP contribution in [0.1, 0.15) is 21.1 Å². The summed E-state index contributed by atoms with van der Waals surface area (Å²) in [6.07, 6.45) is 0. The summed E-state index contributed by atoms with van der Waals surface area (Å²) in [5, 5.41) is 20.0. The maximum atomic E-state index is 12.0. The number of amides is 1. The Morgan fingerprint density at radius 3 is 2.70 bits per heavy atom. The summed E-state index contributed by atoms with van der Waals surface area (Å²) in [4.78, 5) is 30.5. The third-order valence-electron chi connectivity index (χ3n) is 4.94. The van der Waals surface area contributed by atoms with Crippen LogP contribution in [0.3, 0.4) is 0 Å². The monoisotopic (exact) mass is 424 g/mol. The van der Waals surface area contributed by atoms with E-state index in [1.54, 1.807) is 22.3 Å². The molecule has 1 aromatic heterocycles. The number of carboxylic acids is 1. The van der Waals surface area contributed by atoms with Crippen molar-refractivity contribution in [1.29, 1.82) is 0 Å². The number of aromatic hydroxyl groups is 1. The van der Waals surface area contributed by atoms with Crippen molar-refractivity contribution in [3.05, 3.63) is 58.7 Å². The average molecular weight is 424 g/mol. The summed E-state index contributed by atoms with van der Waals surface area (Å²) >= 11 is 1.55. The summed E-state index contributed by atoms with van der Waals surface area (Å²) in [6.45, 7) is 3.64. The van der Waals surface area contributed by atoms with E-state index in [-0.39, 0.29) is 23.8 Å². The zero-order valence-corrected chi connectivity index (χ0v) is 17.1. The second kappa shape index (κ2) is 8.25. The molecule has 2 heterocycles. The van der Waals surface area contributed by atoms with Crippen LogP contribution in [0.5, 0.6) is 5.75 Å². The molecule has 1 aliphatic rings. The Hall–Kier alpha value is -3.23. The van der Waals surface area contributed by atoms with Crippen LogP contribution in [0.15, 0.2) is 42.5 Å². The van der Waals surface area contributed by atoms with Gasteiger partial charge in [-0.2, -0.15) is 0 Å². The molecule has 2 N–H and O–H groups in total. The van der Waals surface area contributed by atoms with Crippen LogP contribution in [-0.2, 0) is 16.1 Å². The molecule has 0 bridgehead atoms. The first-order chi connectivity index (χ1) is 14.4. The van der Waals surface area contributed by atoms with Crippen LogP contribution >= 0.6 is 11.3 Å². The second-order valence-electron chi connectivity index (χ2n) is 7.01. The molecule has 4 rings (SSSR count). The van der Waals surface area contributed by atoms with Crippen LogP contribution < -0.4 is 0 Å². The van der Waals surface area contributed by atoms with Crippen molar-refractivity contribution in [3.8, 4) is 27.3 Å². The number of nitrogens with zero attached hydrogens (tertiary/aromatic N) is 2. The summed E-state index contributed by atoms with van der Waals surface area (Å²) in [7, 11) is 0. The molecule has 0 aliphatic carbocycles. The lowest BCUT2D eigenvalue weighted by Crippen LogP contribution is -2.40. The zero-order chi connectivity index (χ0) is 21.3. The maximum absolute atomic E-state index is 12.0. The number of phenols is 1. The van der Waals surface area contributed by atoms with Crippen molar-refractivity contribution in [2.75, 3.05) is 19.8 Å². The number of hydrogen-bond acceptors (Lipinski definition) is 6. The van der Waals surface area contributed by atoms with E-state index in [0.29, 0.717) is 19.7 Å². The van der Waals surface area contributed by atoms with Gasteiger partial charge in [0.05, 0.1) is 23.7 Å². The SMILES string of the molecule is Cc1nc(CN2CCOCC2=O)sc1-c1cccc(-c2ccc(C(=O)O)c(O)c2)c1. The number of hydrogen-bond donors (Lipinski definition) is 2. The number of carbonyl (C=O) groups excluding carboxylic acids is 1. The predicted molar refractivity (Wildman–Crippen MR) is 113 cm³/mol. The minimum absolute atomic E-state index is 0.0257. The normalized spacial score (nSPS) is 14.2. The van der Waals surface area contributed by atoms with Gasteiger partial charge < -0.3 is 19.8 Å². The molecule has 3 aromatic rings. The third-order valence-corrected chi connectivity index (χ3v) is 6.13. The Balaban J connectivity index is 1.61. The van der Waals surface area contributed by atoms with E-state index in [1.165, 1.54) is 12.1 Å². The molecular weight excluding hydrogens is 404 g/mol. The number of aromatic carboxylic acids is 1. The molecule has 30 heavy (non-hydrogen) atoms. The molecule has 1 fully saturated rings. The van der Waals surface area contributed by atoms with Crippen molar-refractivity contribution < 1.29 is 24.5 Å². The quantitative estimate of drug-likeness (QED) is 0.650. The van der Waals surface area contributed by atoms with Gasteiger partial charge in [0, 0.05) is 6.54 Å². The van der Waals surface area contributed by atoms with E-state index in [0.717, 1.165) is 32.3 Å². The van der Waals surface area contributed by atoms with Crippen molar-refractivity contribution >= 4 is 23.2 Å². The number of thiazole rings is 1. The number of rotatable bonds is 5. The minimum Gasteiger partial charge on any atom is -0.507 e. The Kier molecular flexibility index (Phi) is 5.52. The number of benzene rings is 2. The molecule has 1 aliphatic heterocycles. The largest absolute Gasteiger partial charge is 0.507 e. The highest BCUT2D eigenvalue weighted by atomic mass is 32.1. The predicted octanol–water partition coefficient (Wildman–Crippen LogP) is 3.55. The smallest absolute Gasteiger partial charge is 0.339 e. The fourth-order valence-electron chi connectivity index (χ4n) is 3.40. The van der Waals surface area contributed by atoms with Crippen LogP contribution in [0.25, 0.3) is 21.6 Å². The molecule has 154 valence electrons. The molecule has 8 heteroatoms. The Bertz CT molecular complexity index is 1120. The third kappa shape index (κ3) is 4.05. The van der Waals surface area contributed by atoms with E-state index < -0.39 is 5.97 Å². The highest BCUT2D eigenvalue weighted by Crippen LogP contribution is 2.34. The van der Waals surface area contributed by atoms with Gasteiger partial charge in [0.2, 0.25) is 5.91 Å². The van der Waals surface area contributed by atoms with Gasteiger partial charge in [-0.25, -0.2) is 9.78 Å². The molecule has 0 unspecified atom stereocenters. The van der Waals surface area contributed by atoms with E-state index in [4.69, 9.17) is 9.84 Å². The fourth-order valence-corrected chi connectivity index (χ4v) is 4.48. The number of ether oxygens (including phenoxy) is 1. The Labute approximate surface area is 177 Å². The first-order valence-corrected chi connectivity index (χ1v) is 10.2. The fraction of sp³-hybridized carbons (Fsp3) is 0.227. The maximum Gasteiger partial charge on any atom is 0.339 e. The molecule has 2 aromatic carbocycles. The summed E-state index contributed by atoms with van der Waals surface area (Å²) < 4.78 is 5.17. The van der Waals surface area contributed by atoms with E-state index >= 15 is 0 Å². The van der Waals surface area contributed by atoms with Gasteiger partial charge in [0.1, 0.15) is 22.9 Å². The highest BCUT2D eigenvalue weighted by Gasteiger charge is 2.21. The Morgan fingerprint density at radius 2 is 1.97 bits per heavy atom. The van der Waals surface area contributed by atoms with Gasteiger partial charge in [-0.15, -0.1) is 11.3 Å². The van der Waals surface area contributed by atoms with Gasteiger partial charge in [-0.1, -0.05) is 24.3 Å². The Morgan fingerprint density at radius 1 is 1.20 bits per heavy atom. The summed E-state index contributed by atoms with van der Waals surface area (Å²) in [6, 6.07) is 12.3. The number of carboxylic acid groups (broad SMARTS) is 1. The summed E-state index contributed by atoms with van der Waals surface area (Å²) in [5.41, 5.74) is 3.31. The van der Waals surface area contributed by atoms with Crippen molar-refractivity contribution in [2.45, 2.75) is 13.5 Å². The molecule has 0 radical (unpaired) electrons. The minimum atomic E-state index is -1.17. The molecule has 0 atom stereocenters. The molecule has 1 amide bonds. The standard InChI is InChI=1S/C22H20N2O5S/c1-13-21(30-19(23-13)11-24-7-8-29-12-20(24)26)16-4-2-3-14(9-16)15-5-6-17(22(27)28)18(25)10-15/h2-6,9-10,25H,7-8,11-12H2,1H3,(H,27,28). The van der Waals surface area contributed by atoms with Crippen LogP contribution in [0.2, 0.25) is 0 Å². The first-order valence-electron chi connectivity index (χ1n) is 9.41. The molecular formula is C22H20N2O5S. The van der Waals surface area contributed by atoms with Crippen LogP contribution in [0.4, 0.5) is 0 Å². The lowest BCUT2D eigenvalue weighted by atomic mass is 10.0. The van der Waals surface area contributed by atoms with Crippen molar-refractivity contribution in [2.24, 2.45) is 0 Å². The number of morpholine rings is 1. The average Bonchev–Trinajstić information content (AvgIpc) is 3.09. The lowest BCUT2D eigenvalue weighted by molar-refractivity contribution is -0.143. The number of aryl methyl sites for hydroxylation is 1. The van der Waals surface area contributed by atoms with Crippen LogP contribution in [-0.4, -0.2) is 51.7 Å². The van der Waals surface area contributed by atoms with E-state index in [1.807, 2.05) is 31.2 Å². The zero-order valence-electron chi connectivity index (χ0n) is 16.3. The molecule has 7 nitrogen and oxygen atoms in total. The van der Waals surface area contributed by atoms with E-state index in [2.05, 4.69) is 4.98 Å².